The topological polar surface area (TPSA) is 64.1 Å². The van der Waals surface area contributed by atoms with Gasteiger partial charge in [0, 0.05) is 5.69 Å². The first-order valence-corrected chi connectivity index (χ1v) is 7.66. The van der Waals surface area contributed by atoms with Crippen LogP contribution in [0.25, 0.3) is 0 Å². The average molecular weight is 395 g/mol. The van der Waals surface area contributed by atoms with Gasteiger partial charge in [0.05, 0.1) is 18.0 Å². The van der Waals surface area contributed by atoms with Crippen LogP contribution in [0.2, 0.25) is 0 Å². The second-order valence-corrected chi connectivity index (χ2v) is 5.45. The van der Waals surface area contributed by atoms with Crippen LogP contribution in [0.4, 0.5) is 27.6 Å². The molecule has 0 aliphatic rings. The van der Waals surface area contributed by atoms with Gasteiger partial charge in [-0.15, -0.1) is 0 Å². The Morgan fingerprint density at radius 1 is 1.00 bits per heavy atom. The highest BCUT2D eigenvalue weighted by Gasteiger charge is 2.34. The van der Waals surface area contributed by atoms with Crippen molar-refractivity contribution in [3.05, 3.63) is 77.8 Å². The van der Waals surface area contributed by atoms with Crippen molar-refractivity contribution in [2.24, 2.45) is 0 Å². The number of nitrogens with one attached hydrogen (secondary N) is 1. The van der Waals surface area contributed by atoms with Crippen LogP contribution in [0.1, 0.15) is 16.1 Å². The standard InChI is InChI=1S/C18H10F5N3O2/c19-10-1-3-11(4-2-10)25-17(27)15-8-24-9-16(26-15)28-12-5-6-14(20)13(7-12)18(21,22)23/h1-9H,(H,25,27). The molecule has 0 fully saturated rings. The van der Waals surface area contributed by atoms with Gasteiger partial charge in [0.15, 0.2) is 5.69 Å². The number of anilines is 1. The molecule has 0 saturated carbocycles. The number of benzene rings is 2. The number of alkyl halides is 3. The van der Waals surface area contributed by atoms with Crippen LogP contribution in [0.3, 0.4) is 0 Å². The van der Waals surface area contributed by atoms with Crippen molar-refractivity contribution in [1.29, 1.82) is 0 Å². The summed E-state index contributed by atoms with van der Waals surface area (Å²) in [6.07, 6.45) is -2.71. The second-order valence-electron chi connectivity index (χ2n) is 5.45. The number of carbonyl (C=O) groups excluding carboxylic acids is 1. The summed E-state index contributed by atoms with van der Waals surface area (Å²) in [5, 5.41) is 2.45. The predicted molar refractivity (Wildman–Crippen MR) is 87.9 cm³/mol. The maximum Gasteiger partial charge on any atom is 0.419 e. The summed E-state index contributed by atoms with van der Waals surface area (Å²) in [6, 6.07) is 7.02. The summed E-state index contributed by atoms with van der Waals surface area (Å²) in [7, 11) is 0. The first-order valence-electron chi connectivity index (χ1n) is 7.66. The third kappa shape index (κ3) is 4.58. The van der Waals surface area contributed by atoms with Gasteiger partial charge in [-0.3, -0.25) is 9.78 Å². The lowest BCUT2D eigenvalue weighted by Crippen LogP contribution is -2.14. The van der Waals surface area contributed by atoms with Crippen LogP contribution in [0.15, 0.2) is 54.9 Å². The van der Waals surface area contributed by atoms with Gasteiger partial charge in [0.25, 0.3) is 5.91 Å². The molecule has 28 heavy (non-hydrogen) atoms. The molecule has 0 saturated heterocycles. The number of ether oxygens (including phenoxy) is 1. The molecule has 144 valence electrons. The van der Waals surface area contributed by atoms with E-state index in [1.807, 2.05) is 0 Å². The Kier molecular flexibility index (Phi) is 5.21. The molecule has 2 aromatic carbocycles. The molecule has 0 unspecified atom stereocenters. The minimum atomic E-state index is -4.90. The monoisotopic (exact) mass is 395 g/mol. The lowest BCUT2D eigenvalue weighted by molar-refractivity contribution is -0.140. The van der Waals surface area contributed by atoms with Gasteiger partial charge >= 0.3 is 6.18 Å². The maximum absolute atomic E-state index is 13.3. The van der Waals surface area contributed by atoms with Crippen LogP contribution in [-0.4, -0.2) is 15.9 Å². The van der Waals surface area contributed by atoms with E-state index in [1.54, 1.807) is 0 Å². The van der Waals surface area contributed by atoms with E-state index in [9.17, 15) is 26.7 Å². The molecule has 0 aliphatic heterocycles. The molecule has 1 amide bonds. The Morgan fingerprint density at radius 2 is 1.71 bits per heavy atom. The normalized spacial score (nSPS) is 11.2. The van der Waals surface area contributed by atoms with Crippen LogP contribution >= 0.6 is 0 Å². The van der Waals surface area contributed by atoms with Crippen molar-refractivity contribution in [2.75, 3.05) is 5.32 Å². The molecule has 1 heterocycles. The molecule has 0 radical (unpaired) electrons. The molecular weight excluding hydrogens is 385 g/mol. The van der Waals surface area contributed by atoms with Crippen LogP contribution in [0, 0.1) is 11.6 Å². The fraction of sp³-hybridized carbons (Fsp3) is 0.0556. The molecule has 1 aromatic heterocycles. The number of hydrogen-bond donors (Lipinski definition) is 1. The van der Waals surface area contributed by atoms with Gasteiger partial charge in [-0.1, -0.05) is 0 Å². The Balaban J connectivity index is 1.78. The molecule has 0 aliphatic carbocycles. The summed E-state index contributed by atoms with van der Waals surface area (Å²) in [6.45, 7) is 0. The Labute approximate surface area is 154 Å². The highest BCUT2D eigenvalue weighted by molar-refractivity contribution is 6.02. The first kappa shape index (κ1) is 19.2. The SMILES string of the molecule is O=C(Nc1ccc(F)cc1)c1cncc(Oc2ccc(F)c(C(F)(F)F)c2)n1. The number of nitrogens with zero attached hydrogens (tertiary/aromatic N) is 2. The van der Waals surface area contributed by atoms with E-state index >= 15 is 0 Å². The fourth-order valence-electron chi connectivity index (χ4n) is 2.14. The Morgan fingerprint density at radius 3 is 2.39 bits per heavy atom. The summed E-state index contributed by atoms with van der Waals surface area (Å²) in [4.78, 5) is 19.8. The van der Waals surface area contributed by atoms with E-state index in [4.69, 9.17) is 4.74 Å². The van der Waals surface area contributed by atoms with Crippen molar-refractivity contribution in [3.8, 4) is 11.6 Å². The van der Waals surface area contributed by atoms with Crippen molar-refractivity contribution in [3.63, 3.8) is 0 Å². The third-order valence-electron chi connectivity index (χ3n) is 3.41. The van der Waals surface area contributed by atoms with Gasteiger partial charge in [-0.25, -0.2) is 13.8 Å². The van der Waals surface area contributed by atoms with Crippen LogP contribution < -0.4 is 10.1 Å². The van der Waals surface area contributed by atoms with E-state index < -0.39 is 29.3 Å². The predicted octanol–water partition coefficient (Wildman–Crippen LogP) is 4.82. The number of hydrogen-bond acceptors (Lipinski definition) is 4. The van der Waals surface area contributed by atoms with Crippen molar-refractivity contribution in [2.45, 2.75) is 6.18 Å². The zero-order chi connectivity index (χ0) is 20.3. The van der Waals surface area contributed by atoms with E-state index in [0.29, 0.717) is 17.8 Å². The van der Waals surface area contributed by atoms with Crippen LogP contribution in [-0.2, 0) is 6.18 Å². The van der Waals surface area contributed by atoms with Crippen molar-refractivity contribution >= 4 is 11.6 Å². The smallest absolute Gasteiger partial charge is 0.419 e. The maximum atomic E-state index is 13.3. The summed E-state index contributed by atoms with van der Waals surface area (Å²) < 4.78 is 69.7. The minimum Gasteiger partial charge on any atom is -0.437 e. The first-order chi connectivity index (χ1) is 13.2. The van der Waals surface area contributed by atoms with Gasteiger partial charge in [0.2, 0.25) is 5.88 Å². The average Bonchev–Trinajstić information content (AvgIpc) is 2.64. The lowest BCUT2D eigenvalue weighted by Gasteiger charge is -2.11. The van der Waals surface area contributed by atoms with Gasteiger partial charge < -0.3 is 10.1 Å². The van der Waals surface area contributed by atoms with Gasteiger partial charge in [-0.05, 0) is 42.5 Å². The highest BCUT2D eigenvalue weighted by atomic mass is 19.4. The molecule has 3 rings (SSSR count). The third-order valence-corrected chi connectivity index (χ3v) is 3.41. The Hall–Kier alpha value is -3.56. The van der Waals surface area contributed by atoms with Gasteiger partial charge in [0.1, 0.15) is 17.4 Å². The molecule has 0 atom stereocenters. The summed E-state index contributed by atoms with van der Waals surface area (Å²) in [5.74, 6) is -3.23. The molecule has 3 aromatic rings. The van der Waals surface area contributed by atoms with Crippen molar-refractivity contribution in [1.82, 2.24) is 9.97 Å². The van der Waals surface area contributed by atoms with E-state index in [2.05, 4.69) is 15.3 Å². The second kappa shape index (κ2) is 7.59. The van der Waals surface area contributed by atoms with Crippen molar-refractivity contribution < 1.29 is 31.5 Å². The number of carbonyl (C=O) groups is 1. The van der Waals surface area contributed by atoms with Crippen LogP contribution in [0.5, 0.6) is 11.6 Å². The number of halogens is 5. The van der Waals surface area contributed by atoms with E-state index in [1.165, 1.54) is 12.1 Å². The molecule has 10 heteroatoms. The zero-order valence-corrected chi connectivity index (χ0v) is 13.8. The molecule has 1 N–H and O–H groups in total. The Bertz CT molecular complexity index is 1010. The minimum absolute atomic E-state index is 0.194. The molecule has 0 bridgehead atoms. The molecule has 5 nitrogen and oxygen atoms in total. The lowest BCUT2D eigenvalue weighted by atomic mass is 10.2. The quantitative estimate of drug-likeness (QED) is 0.644. The zero-order valence-electron chi connectivity index (χ0n) is 13.8. The van der Waals surface area contributed by atoms with Gasteiger partial charge in [-0.2, -0.15) is 13.2 Å². The highest BCUT2D eigenvalue weighted by Crippen LogP contribution is 2.34. The van der Waals surface area contributed by atoms with E-state index in [-0.39, 0.29) is 17.3 Å². The van der Waals surface area contributed by atoms with E-state index in [0.717, 1.165) is 30.6 Å². The summed E-state index contributed by atoms with van der Waals surface area (Å²) >= 11 is 0. The summed E-state index contributed by atoms with van der Waals surface area (Å²) in [5.41, 5.74) is -1.39. The largest absolute Gasteiger partial charge is 0.437 e. The fourth-order valence-corrected chi connectivity index (χ4v) is 2.14. The molecule has 0 spiro atoms. The number of rotatable bonds is 4. The number of amides is 1. The number of aromatic nitrogens is 2. The molecular formula is C18H10F5N3O2.